The zero-order chi connectivity index (χ0) is 0. The molecule has 0 unspecified atom stereocenters. The van der Waals surface area contributed by atoms with Crippen molar-refractivity contribution in [3.05, 3.63) is 0 Å². The fourth-order valence-corrected chi connectivity index (χ4v) is 0. The van der Waals surface area contributed by atoms with Crippen LogP contribution >= 0.6 is 24.8 Å². The summed E-state index contributed by atoms with van der Waals surface area (Å²) in [5.41, 5.74) is 0. The molecular weight excluding hydrogens is 167 g/mol. The van der Waals surface area contributed by atoms with E-state index in [9.17, 15) is 0 Å². The first kappa shape index (κ1) is 32.8. The standard InChI is InChI=1S/Ca.2ClH.Fe.2H/h;2*1H;;;. The van der Waals surface area contributed by atoms with E-state index >= 15 is 0 Å². The molecule has 28 valence electrons. The topological polar surface area (TPSA) is 0 Å². The van der Waals surface area contributed by atoms with E-state index in [1.807, 2.05) is 0 Å². The van der Waals surface area contributed by atoms with Gasteiger partial charge < -0.3 is 0 Å². The van der Waals surface area contributed by atoms with Crippen LogP contribution in [0.1, 0.15) is 0 Å². The summed E-state index contributed by atoms with van der Waals surface area (Å²) in [5, 5.41) is 0. The second-order valence-corrected chi connectivity index (χ2v) is 0. The molecule has 0 N–H and O–H groups in total. The molecule has 0 aliphatic heterocycles. The van der Waals surface area contributed by atoms with E-state index in [1.54, 1.807) is 0 Å². The molecule has 4 heavy (non-hydrogen) atoms. The van der Waals surface area contributed by atoms with Gasteiger partial charge >= 0.3 is 37.7 Å². The van der Waals surface area contributed by atoms with Crippen molar-refractivity contribution in [1.29, 1.82) is 0 Å². The van der Waals surface area contributed by atoms with E-state index in [0.29, 0.717) is 0 Å². The summed E-state index contributed by atoms with van der Waals surface area (Å²) in [5.74, 6) is 0. The summed E-state index contributed by atoms with van der Waals surface area (Å²) in [6.45, 7) is 0. The monoisotopic (exact) mass is 170 g/mol. The molecule has 0 saturated heterocycles. The maximum Gasteiger partial charge on any atom is 0 e. The molecule has 0 aromatic rings. The van der Waals surface area contributed by atoms with Gasteiger partial charge in [-0.05, 0) is 0 Å². The van der Waals surface area contributed by atoms with Crippen molar-refractivity contribution in [2.75, 3.05) is 0 Å². The smallest absolute Gasteiger partial charge is 0 e. The van der Waals surface area contributed by atoms with Gasteiger partial charge in [0, 0.05) is 17.1 Å². The number of halogens is 2. The number of hydrogen-bond acceptors (Lipinski definition) is 0. The van der Waals surface area contributed by atoms with Crippen LogP contribution in [0.5, 0.6) is 0 Å². The normalized spacial score (nSPS) is 0. The molecule has 0 saturated carbocycles. The van der Waals surface area contributed by atoms with Crippen LogP contribution in [-0.2, 0) is 17.1 Å². The maximum absolute atomic E-state index is 0. The van der Waals surface area contributed by atoms with E-state index in [4.69, 9.17) is 0 Å². The maximum atomic E-state index is 0. The Hall–Kier alpha value is 2.36. The van der Waals surface area contributed by atoms with Crippen LogP contribution < -0.4 is 0 Å². The first-order chi connectivity index (χ1) is 0. The summed E-state index contributed by atoms with van der Waals surface area (Å²) >= 11 is 0. The van der Waals surface area contributed by atoms with Crippen molar-refractivity contribution < 1.29 is 17.1 Å². The van der Waals surface area contributed by atoms with Gasteiger partial charge in [-0.25, -0.2) is 0 Å². The predicted molar refractivity (Wildman–Crippen MR) is 23.0 cm³/mol. The molecule has 0 radical (unpaired) electrons. The average molecular weight is 171 g/mol. The average Bonchev–Trinajstić information content (AvgIpc) is 0. The summed E-state index contributed by atoms with van der Waals surface area (Å²) in [6, 6.07) is 0. The second kappa shape index (κ2) is 18.3. The molecule has 0 aliphatic carbocycles. The molecule has 0 nitrogen and oxygen atoms in total. The predicted octanol–water partition coefficient (Wildman–Crippen LogP) is -0.0751. The number of rotatable bonds is 0. The van der Waals surface area contributed by atoms with Crippen molar-refractivity contribution >= 4 is 62.6 Å². The second-order valence-electron chi connectivity index (χ2n) is 0. The van der Waals surface area contributed by atoms with Gasteiger partial charge in [0.2, 0.25) is 0 Å². The minimum absolute atomic E-state index is 0. The molecule has 0 fully saturated rings. The molecule has 0 rings (SSSR count). The Kier molecular flexibility index (Phi) is 150. The quantitative estimate of drug-likeness (QED) is 0.447. The molecule has 0 bridgehead atoms. The zero-order valence-electron chi connectivity index (χ0n) is 1.17. The molecule has 4 heteroatoms. The van der Waals surface area contributed by atoms with Gasteiger partial charge in [0.05, 0.1) is 0 Å². The van der Waals surface area contributed by atoms with Crippen molar-refractivity contribution in [3.63, 3.8) is 0 Å². The Morgan fingerprint density at radius 1 is 0.750 bits per heavy atom. The minimum atomic E-state index is 0. The van der Waals surface area contributed by atoms with E-state index in [1.165, 1.54) is 0 Å². The third-order valence-electron chi connectivity index (χ3n) is 0. The number of hydrogen-bond donors (Lipinski definition) is 0. The SMILES string of the molecule is Cl.Cl.[CaH2].[Fe]. The van der Waals surface area contributed by atoms with E-state index in [-0.39, 0.29) is 79.6 Å². The minimum Gasteiger partial charge on any atom is 0 e. The van der Waals surface area contributed by atoms with Gasteiger partial charge in [0.15, 0.2) is 0 Å². The van der Waals surface area contributed by atoms with E-state index in [0.717, 1.165) is 0 Å². The van der Waals surface area contributed by atoms with Gasteiger partial charge in [-0.2, -0.15) is 0 Å². The Labute approximate surface area is 78.4 Å². The van der Waals surface area contributed by atoms with Crippen LogP contribution in [0.4, 0.5) is 0 Å². The van der Waals surface area contributed by atoms with Crippen LogP contribution in [0.3, 0.4) is 0 Å². The van der Waals surface area contributed by atoms with E-state index in [2.05, 4.69) is 0 Å². The summed E-state index contributed by atoms with van der Waals surface area (Å²) in [7, 11) is 0. The van der Waals surface area contributed by atoms with Crippen LogP contribution in [0.15, 0.2) is 0 Å². The summed E-state index contributed by atoms with van der Waals surface area (Å²) in [4.78, 5) is 0. The van der Waals surface area contributed by atoms with Crippen LogP contribution in [0, 0.1) is 0 Å². The molecule has 0 atom stereocenters. The molecule has 0 amide bonds. The molecular formula is H4CaCl2Fe. The fourth-order valence-electron chi connectivity index (χ4n) is 0. The molecule has 0 aromatic heterocycles. The van der Waals surface area contributed by atoms with Gasteiger partial charge in [-0.3, -0.25) is 0 Å². The van der Waals surface area contributed by atoms with Crippen LogP contribution in [-0.4, -0.2) is 37.7 Å². The first-order valence-corrected chi connectivity index (χ1v) is 0. The largest absolute Gasteiger partial charge is 0 e. The molecule has 0 heterocycles. The Bertz CT molecular complexity index is 6.00. The Balaban J connectivity index is 0. The van der Waals surface area contributed by atoms with Crippen LogP contribution in [0.2, 0.25) is 0 Å². The third-order valence-corrected chi connectivity index (χ3v) is 0. The molecule has 0 spiro atoms. The van der Waals surface area contributed by atoms with Crippen molar-refractivity contribution in [2.24, 2.45) is 0 Å². The van der Waals surface area contributed by atoms with Gasteiger partial charge in [-0.1, -0.05) is 0 Å². The first-order valence-electron chi connectivity index (χ1n) is 0. The van der Waals surface area contributed by atoms with E-state index < -0.39 is 0 Å². The van der Waals surface area contributed by atoms with Gasteiger partial charge in [0.1, 0.15) is 0 Å². The summed E-state index contributed by atoms with van der Waals surface area (Å²) < 4.78 is 0. The fraction of sp³-hybridized carbons (Fsp3) is 0. The third kappa shape index (κ3) is 8.84. The van der Waals surface area contributed by atoms with Crippen molar-refractivity contribution in [1.82, 2.24) is 0 Å². The van der Waals surface area contributed by atoms with Crippen molar-refractivity contribution in [2.45, 2.75) is 0 Å². The molecule has 0 aliphatic rings. The van der Waals surface area contributed by atoms with Crippen molar-refractivity contribution in [3.8, 4) is 0 Å². The Morgan fingerprint density at radius 2 is 0.750 bits per heavy atom. The van der Waals surface area contributed by atoms with Gasteiger partial charge in [-0.15, -0.1) is 24.8 Å². The molecule has 0 aromatic carbocycles. The summed E-state index contributed by atoms with van der Waals surface area (Å²) in [6.07, 6.45) is 0. The zero-order valence-corrected chi connectivity index (χ0v) is 3.91. The van der Waals surface area contributed by atoms with Crippen LogP contribution in [0.25, 0.3) is 0 Å². The van der Waals surface area contributed by atoms with Gasteiger partial charge in [0.25, 0.3) is 0 Å². The Morgan fingerprint density at radius 3 is 0.750 bits per heavy atom.